The van der Waals surface area contributed by atoms with Gasteiger partial charge < -0.3 is 29.5 Å². The number of para-hydroxylation sites is 1. The van der Waals surface area contributed by atoms with E-state index in [1.165, 1.54) is 36.0 Å². The van der Waals surface area contributed by atoms with Crippen molar-refractivity contribution in [3.05, 3.63) is 90.4 Å². The molecule has 50 heavy (non-hydrogen) atoms. The number of aliphatic hydroxyl groups is 2. The first kappa shape index (κ1) is 37.0. The lowest BCUT2D eigenvalue weighted by Crippen LogP contribution is -2.49. The lowest BCUT2D eigenvalue weighted by atomic mass is 9.96. The number of alkyl halides is 1. The molecule has 268 valence electrons. The highest BCUT2D eigenvalue weighted by Crippen LogP contribution is 2.49. The molecule has 16 heteroatoms. The van der Waals surface area contributed by atoms with E-state index in [0.29, 0.717) is 11.1 Å². The van der Waals surface area contributed by atoms with Gasteiger partial charge in [-0.2, -0.15) is 10.2 Å². The number of aliphatic hydroxyl groups excluding tert-OH is 2. The summed E-state index contributed by atoms with van der Waals surface area (Å²) in [7, 11) is -4.49. The van der Waals surface area contributed by atoms with E-state index in [1.807, 2.05) is 13.8 Å². The summed E-state index contributed by atoms with van der Waals surface area (Å²) in [6.45, 7) is 3.34. The molecule has 2 aromatic heterocycles. The molecule has 5 rings (SSSR count). The largest absolute Gasteiger partial charge is 0.464 e. The summed E-state index contributed by atoms with van der Waals surface area (Å²) in [5, 5.41) is 31.8. The third-order valence-corrected chi connectivity index (χ3v) is 10.2. The number of carbonyl (C=O) groups excluding carboxylic acids is 2. The van der Waals surface area contributed by atoms with Gasteiger partial charge in [-0.05, 0) is 49.2 Å². The van der Waals surface area contributed by atoms with E-state index >= 15 is 0 Å². The number of hydrogen-bond donors (Lipinski definition) is 4. The molecule has 0 aliphatic carbocycles. The molecule has 0 saturated carbocycles. The number of nitrogens with one attached hydrogen (secondary N) is 2. The summed E-state index contributed by atoms with van der Waals surface area (Å²) < 4.78 is 53.1. The summed E-state index contributed by atoms with van der Waals surface area (Å²) in [5.41, 5.74) is -1.28. The molecular weight excluding hydrogens is 672 g/mol. The van der Waals surface area contributed by atoms with Crippen LogP contribution in [-0.4, -0.2) is 80.4 Å². The Balaban J connectivity index is 1.35. The number of anilines is 1. The van der Waals surface area contributed by atoms with E-state index in [1.54, 1.807) is 54.6 Å². The van der Waals surface area contributed by atoms with Crippen LogP contribution in [0, 0.1) is 5.92 Å². The number of hydrogen-bond acceptors (Lipinski definition) is 11. The highest BCUT2D eigenvalue weighted by molar-refractivity contribution is 7.52. The van der Waals surface area contributed by atoms with Crippen LogP contribution in [0.25, 0.3) is 5.52 Å². The molecule has 1 aliphatic heterocycles. The minimum atomic E-state index is -4.49. The molecule has 4 N–H and O–H groups in total. The number of ether oxygens (including phenoxy) is 2. The number of nitrogens with zero attached hydrogens (tertiary/aromatic N) is 3. The van der Waals surface area contributed by atoms with Crippen molar-refractivity contribution in [3.63, 3.8) is 0 Å². The first-order valence-corrected chi connectivity index (χ1v) is 17.8. The van der Waals surface area contributed by atoms with Gasteiger partial charge in [0.15, 0.2) is 5.82 Å². The minimum Gasteiger partial charge on any atom is -0.464 e. The van der Waals surface area contributed by atoms with Crippen LogP contribution >= 0.6 is 7.75 Å². The van der Waals surface area contributed by atoms with Crippen LogP contribution in [0.3, 0.4) is 0 Å². The van der Waals surface area contributed by atoms with Gasteiger partial charge in [-0.15, -0.1) is 0 Å². The molecule has 1 fully saturated rings. The van der Waals surface area contributed by atoms with Crippen molar-refractivity contribution in [1.29, 1.82) is 0 Å². The van der Waals surface area contributed by atoms with E-state index in [4.69, 9.17) is 18.5 Å². The molecule has 0 radical (unpaired) electrons. The maximum Gasteiger partial charge on any atom is 0.459 e. The van der Waals surface area contributed by atoms with Crippen molar-refractivity contribution in [3.8, 4) is 5.75 Å². The van der Waals surface area contributed by atoms with Crippen molar-refractivity contribution in [2.75, 3.05) is 25.2 Å². The molecule has 1 amide bonds. The topological polar surface area (TPSA) is 183 Å². The zero-order chi connectivity index (χ0) is 35.9. The Bertz CT molecular complexity index is 1800. The lowest BCUT2D eigenvalue weighted by Gasteiger charge is -2.31. The third-order valence-electron chi connectivity index (χ3n) is 8.57. The summed E-state index contributed by atoms with van der Waals surface area (Å²) in [4.78, 5) is 29.8. The van der Waals surface area contributed by atoms with E-state index in [2.05, 4.69) is 20.5 Å². The van der Waals surface area contributed by atoms with Gasteiger partial charge in [0.1, 0.15) is 54.2 Å². The summed E-state index contributed by atoms with van der Waals surface area (Å²) in [5.74, 6) is -0.684. The lowest BCUT2D eigenvalue weighted by molar-refractivity contribution is -0.146. The minimum absolute atomic E-state index is 0.121. The van der Waals surface area contributed by atoms with Crippen LogP contribution in [0.1, 0.15) is 55.8 Å². The van der Waals surface area contributed by atoms with E-state index in [9.17, 15) is 28.8 Å². The highest BCUT2D eigenvalue weighted by atomic mass is 31.2. The zero-order valence-corrected chi connectivity index (χ0v) is 28.7. The van der Waals surface area contributed by atoms with Gasteiger partial charge >= 0.3 is 13.7 Å². The van der Waals surface area contributed by atoms with Gasteiger partial charge in [0.05, 0.1) is 18.9 Å². The van der Waals surface area contributed by atoms with Crippen LogP contribution in [0.4, 0.5) is 10.2 Å². The van der Waals surface area contributed by atoms with E-state index < -0.39 is 62.9 Å². The molecule has 1 aliphatic rings. The Labute approximate surface area is 288 Å². The summed E-state index contributed by atoms with van der Waals surface area (Å²) in [6, 6.07) is 18.4. The van der Waals surface area contributed by atoms with Gasteiger partial charge in [-0.25, -0.2) is 18.5 Å². The van der Waals surface area contributed by atoms with Crippen LogP contribution in [0.5, 0.6) is 5.75 Å². The number of carbonyl (C=O) groups is 2. The Morgan fingerprint density at radius 2 is 1.74 bits per heavy atom. The predicted molar refractivity (Wildman–Crippen MR) is 180 cm³/mol. The Hall–Kier alpha value is -4.24. The number of benzene rings is 2. The molecule has 0 spiro atoms. The van der Waals surface area contributed by atoms with Crippen molar-refractivity contribution in [2.24, 2.45) is 5.92 Å². The van der Waals surface area contributed by atoms with Crippen molar-refractivity contribution >= 4 is 31.0 Å². The standard InChI is InChI=1S/C34H41FN5O9P/c1-4-23(5-2)18-46-33(44)22(3)39-50(45,49-25-14-10-7-11-15-25)47-20-34(19-35)30(42)28(41)29(48-34)26-16-17-27-31(36-21-37-40(26)27)38-32(43)24-12-8-6-9-13-24/h6-17,21-23,28-30,41-42H,4-5,18-20H2,1-3H3,(H,39,45)(H,36,37,38,43)/t22-,28-,29-,30-,34+,50-/m0/s1. The zero-order valence-electron chi connectivity index (χ0n) is 27.8. The Morgan fingerprint density at radius 3 is 2.40 bits per heavy atom. The Kier molecular flexibility index (Phi) is 12.0. The molecule has 1 saturated heterocycles. The number of amides is 1. The second-order valence-electron chi connectivity index (χ2n) is 12.0. The van der Waals surface area contributed by atoms with Crippen LogP contribution in [0.15, 0.2) is 79.1 Å². The smallest absolute Gasteiger partial charge is 0.459 e. The predicted octanol–water partition coefficient (Wildman–Crippen LogP) is 4.64. The molecule has 4 aromatic rings. The second-order valence-corrected chi connectivity index (χ2v) is 13.7. The fourth-order valence-corrected chi connectivity index (χ4v) is 7.00. The summed E-state index contributed by atoms with van der Waals surface area (Å²) >= 11 is 0. The van der Waals surface area contributed by atoms with Gasteiger partial charge in [-0.1, -0.05) is 63.1 Å². The number of fused-ring (bicyclic) bond motifs is 1. The fourth-order valence-electron chi connectivity index (χ4n) is 5.45. The monoisotopic (exact) mass is 713 g/mol. The summed E-state index contributed by atoms with van der Waals surface area (Å²) in [6.07, 6.45) is -2.10. The molecule has 3 heterocycles. The van der Waals surface area contributed by atoms with Crippen molar-refractivity contribution in [1.82, 2.24) is 19.7 Å². The van der Waals surface area contributed by atoms with Crippen LogP contribution in [-0.2, 0) is 23.4 Å². The van der Waals surface area contributed by atoms with Crippen molar-refractivity contribution < 1.29 is 47.3 Å². The fraction of sp³-hybridized carbons (Fsp3) is 0.412. The van der Waals surface area contributed by atoms with Gasteiger partial charge in [0.2, 0.25) is 0 Å². The number of aromatic nitrogens is 3. The van der Waals surface area contributed by atoms with E-state index in [-0.39, 0.29) is 29.8 Å². The van der Waals surface area contributed by atoms with Gasteiger partial charge in [0, 0.05) is 5.56 Å². The second kappa shape index (κ2) is 16.2. The Morgan fingerprint density at radius 1 is 1.06 bits per heavy atom. The maximum absolute atomic E-state index is 14.9. The SMILES string of the molecule is CCC(CC)COC(=O)[C@H](C)N[P@](=O)(OC[C@@]1(CF)O[C@@H](c2ccc3c(NC(=O)c4ccccc4)ncnn23)[C@H](O)[C@@H]1O)Oc1ccccc1. The molecule has 0 bridgehead atoms. The van der Waals surface area contributed by atoms with Crippen LogP contribution < -0.4 is 14.9 Å². The van der Waals surface area contributed by atoms with E-state index in [0.717, 1.165) is 12.8 Å². The van der Waals surface area contributed by atoms with Gasteiger partial charge in [0.25, 0.3) is 5.91 Å². The molecule has 0 unspecified atom stereocenters. The first-order valence-electron chi connectivity index (χ1n) is 16.3. The molecular formula is C34H41FN5O9P. The average molecular weight is 714 g/mol. The number of esters is 1. The third kappa shape index (κ3) is 8.20. The van der Waals surface area contributed by atoms with Crippen LogP contribution in [0.2, 0.25) is 0 Å². The molecule has 6 atom stereocenters. The van der Waals surface area contributed by atoms with Crippen molar-refractivity contribution in [2.45, 2.75) is 63.6 Å². The van der Waals surface area contributed by atoms with Gasteiger partial charge in [-0.3, -0.25) is 14.1 Å². The number of rotatable bonds is 16. The first-order chi connectivity index (χ1) is 24.0. The maximum atomic E-state index is 14.9. The molecule has 14 nitrogen and oxygen atoms in total. The quantitative estimate of drug-likeness (QED) is 0.0934. The molecule has 2 aromatic carbocycles. The average Bonchev–Trinajstić information content (AvgIpc) is 3.67. The normalized spacial score (nSPS) is 22.3. The highest BCUT2D eigenvalue weighted by Gasteiger charge is 2.57. The number of halogens is 1.